The Bertz CT molecular complexity index is 740. The second kappa shape index (κ2) is 4.72. The molecule has 1 atom stereocenters. The molecular weight excluding hydrogens is 282 g/mol. The number of carbonyl (C=O) groups excluding carboxylic acids is 1. The van der Waals surface area contributed by atoms with Crippen molar-refractivity contribution in [2.75, 3.05) is 0 Å². The van der Waals surface area contributed by atoms with Crippen LogP contribution >= 0.6 is 11.6 Å². The van der Waals surface area contributed by atoms with Crippen LogP contribution in [0.25, 0.3) is 0 Å². The number of hydrogen-bond donors (Lipinski definition) is 0. The van der Waals surface area contributed by atoms with Crippen LogP contribution in [-0.4, -0.2) is 15.5 Å². The molecule has 0 saturated carbocycles. The number of aliphatic imine (C=N–C) groups is 1. The van der Waals surface area contributed by atoms with E-state index in [2.05, 4.69) is 4.99 Å². The summed E-state index contributed by atoms with van der Waals surface area (Å²) in [4.78, 5) is 16.9. The quantitative estimate of drug-likeness (QED) is 0.796. The second-order valence-corrected chi connectivity index (χ2v) is 5.74. The topological polar surface area (TPSA) is 46.5 Å². The summed E-state index contributed by atoms with van der Waals surface area (Å²) in [7, 11) is -1.26. The molecule has 0 radical (unpaired) electrons. The van der Waals surface area contributed by atoms with E-state index in [0.29, 0.717) is 26.7 Å². The van der Waals surface area contributed by atoms with E-state index in [1.54, 1.807) is 42.5 Å². The van der Waals surface area contributed by atoms with Gasteiger partial charge in [-0.3, -0.25) is 4.79 Å². The molecule has 0 saturated heterocycles. The van der Waals surface area contributed by atoms with E-state index in [4.69, 9.17) is 11.6 Å². The van der Waals surface area contributed by atoms with Gasteiger partial charge in [-0.05, 0) is 30.3 Å². The van der Waals surface area contributed by atoms with Gasteiger partial charge in [-0.1, -0.05) is 23.7 Å². The number of rotatable bonds is 2. The highest BCUT2D eigenvalue weighted by Crippen LogP contribution is 2.29. The third-order valence-corrected chi connectivity index (χ3v) is 4.11. The van der Waals surface area contributed by atoms with Crippen LogP contribution in [0.2, 0.25) is 5.02 Å². The molecule has 3 rings (SSSR count). The molecule has 19 heavy (non-hydrogen) atoms. The smallest absolute Gasteiger partial charge is 0.193 e. The van der Waals surface area contributed by atoms with Crippen molar-refractivity contribution in [3.8, 4) is 0 Å². The average molecular weight is 290 g/mol. The van der Waals surface area contributed by atoms with Gasteiger partial charge in [0.2, 0.25) is 0 Å². The molecule has 0 aliphatic carbocycles. The minimum absolute atomic E-state index is 0.144. The molecule has 5 heteroatoms. The highest BCUT2D eigenvalue weighted by molar-refractivity contribution is 7.99. The van der Waals surface area contributed by atoms with Gasteiger partial charge >= 0.3 is 0 Å². The average Bonchev–Trinajstić information content (AvgIpc) is 2.79. The van der Waals surface area contributed by atoms with Gasteiger partial charge in [0.05, 0.1) is 26.9 Å². The van der Waals surface area contributed by atoms with Crippen molar-refractivity contribution in [3.05, 3.63) is 58.6 Å². The second-order valence-electron chi connectivity index (χ2n) is 4.05. The molecule has 1 aliphatic heterocycles. The summed E-state index contributed by atoms with van der Waals surface area (Å²) in [5.41, 5.74) is 3.02. The normalized spacial score (nSPS) is 16.4. The van der Waals surface area contributed by atoms with E-state index in [9.17, 15) is 9.00 Å². The molecule has 2 aromatic rings. The van der Waals surface area contributed by atoms with Gasteiger partial charge in [0.25, 0.3) is 0 Å². The number of benzene rings is 2. The van der Waals surface area contributed by atoms with Gasteiger partial charge < -0.3 is 0 Å². The van der Waals surface area contributed by atoms with Crippen LogP contribution in [0.3, 0.4) is 0 Å². The molecule has 1 aliphatic rings. The van der Waals surface area contributed by atoms with E-state index in [1.807, 2.05) is 0 Å². The Balaban J connectivity index is 2.02. The molecule has 1 unspecified atom stereocenters. The van der Waals surface area contributed by atoms with E-state index >= 15 is 0 Å². The van der Waals surface area contributed by atoms with Crippen molar-refractivity contribution in [1.82, 2.24) is 0 Å². The number of halogens is 1. The molecule has 0 amide bonds. The Morgan fingerprint density at radius 1 is 1.11 bits per heavy atom. The number of fused-ring (bicyclic) bond motifs is 1. The molecule has 0 fully saturated rings. The summed E-state index contributed by atoms with van der Waals surface area (Å²) in [6, 6.07) is 11.8. The Morgan fingerprint density at radius 3 is 2.68 bits per heavy atom. The highest BCUT2D eigenvalue weighted by Gasteiger charge is 2.17. The zero-order valence-electron chi connectivity index (χ0n) is 9.67. The predicted molar refractivity (Wildman–Crippen MR) is 75.9 cm³/mol. The van der Waals surface area contributed by atoms with Gasteiger partial charge in [-0.15, -0.1) is 0 Å². The lowest BCUT2D eigenvalue weighted by Crippen LogP contribution is -2.02. The maximum atomic E-state index is 12.3. The van der Waals surface area contributed by atoms with E-state index < -0.39 is 10.8 Å². The number of ketones is 1. The van der Waals surface area contributed by atoms with Crippen molar-refractivity contribution >= 4 is 39.4 Å². The molecule has 0 bridgehead atoms. The van der Waals surface area contributed by atoms with Gasteiger partial charge in [0.1, 0.15) is 0 Å². The highest BCUT2D eigenvalue weighted by atomic mass is 35.5. The summed E-state index contributed by atoms with van der Waals surface area (Å²) in [5.74, 6) is -0.144. The third-order valence-electron chi connectivity index (χ3n) is 2.81. The first-order valence-corrected chi connectivity index (χ1v) is 7.13. The van der Waals surface area contributed by atoms with Crippen LogP contribution < -0.4 is 0 Å². The van der Waals surface area contributed by atoms with Crippen molar-refractivity contribution in [2.24, 2.45) is 4.99 Å². The first-order valence-electron chi connectivity index (χ1n) is 5.54. The van der Waals surface area contributed by atoms with Gasteiger partial charge in [0.15, 0.2) is 5.78 Å². The van der Waals surface area contributed by atoms with E-state index in [0.717, 1.165) is 0 Å². The summed E-state index contributed by atoms with van der Waals surface area (Å²) in [6.07, 6.45) is 0. The van der Waals surface area contributed by atoms with Gasteiger partial charge in [-0.2, -0.15) is 0 Å². The van der Waals surface area contributed by atoms with Crippen LogP contribution in [0.5, 0.6) is 0 Å². The van der Waals surface area contributed by atoms with Crippen molar-refractivity contribution in [2.45, 2.75) is 4.90 Å². The molecule has 2 aromatic carbocycles. The number of nitrogens with zero attached hydrogens (tertiary/aromatic N) is 1. The van der Waals surface area contributed by atoms with Gasteiger partial charge in [-0.25, -0.2) is 9.20 Å². The van der Waals surface area contributed by atoms with Crippen molar-refractivity contribution in [3.63, 3.8) is 0 Å². The fourth-order valence-electron chi connectivity index (χ4n) is 1.88. The molecule has 0 N–H and O–H groups in total. The molecule has 0 spiro atoms. The standard InChI is InChI=1S/C14H8ClNO2S/c15-11-3-1-2-9(6-11)14(17)10-4-5-12-13(7-10)19(18)8-16-12/h1-8H. The summed E-state index contributed by atoms with van der Waals surface area (Å²) in [5, 5.41) is 0.513. The lowest BCUT2D eigenvalue weighted by Gasteiger charge is -2.03. The number of carbonyl (C=O) groups is 1. The molecule has 1 heterocycles. The summed E-state index contributed by atoms with van der Waals surface area (Å²) in [6.45, 7) is 0. The Labute approximate surface area is 117 Å². The van der Waals surface area contributed by atoms with E-state index in [-0.39, 0.29) is 5.78 Å². The minimum atomic E-state index is -1.26. The zero-order valence-corrected chi connectivity index (χ0v) is 11.2. The molecule has 3 nitrogen and oxygen atoms in total. The fourth-order valence-corrected chi connectivity index (χ4v) is 2.96. The van der Waals surface area contributed by atoms with Crippen molar-refractivity contribution < 1.29 is 9.00 Å². The Kier molecular flexibility index (Phi) is 3.05. The van der Waals surface area contributed by atoms with Crippen LogP contribution in [0.15, 0.2) is 52.4 Å². The summed E-state index contributed by atoms with van der Waals surface area (Å²) >= 11 is 5.87. The lowest BCUT2D eigenvalue weighted by atomic mass is 10.0. The fraction of sp³-hybridized carbons (Fsp3) is 0. The SMILES string of the molecule is O=C(c1cccc(Cl)c1)c1ccc2c(c1)S(=O)C=N2. The largest absolute Gasteiger partial charge is 0.289 e. The first-order chi connectivity index (χ1) is 9.15. The van der Waals surface area contributed by atoms with Crippen LogP contribution in [0.4, 0.5) is 5.69 Å². The van der Waals surface area contributed by atoms with Crippen LogP contribution in [0.1, 0.15) is 15.9 Å². The molecular formula is C14H8ClNO2S. The molecule has 0 aromatic heterocycles. The van der Waals surface area contributed by atoms with E-state index in [1.165, 1.54) is 5.55 Å². The van der Waals surface area contributed by atoms with Crippen LogP contribution in [0, 0.1) is 0 Å². The van der Waals surface area contributed by atoms with Gasteiger partial charge in [0, 0.05) is 16.1 Å². The minimum Gasteiger partial charge on any atom is -0.289 e. The van der Waals surface area contributed by atoms with Crippen molar-refractivity contribution in [1.29, 1.82) is 0 Å². The maximum Gasteiger partial charge on any atom is 0.193 e. The third kappa shape index (κ3) is 2.25. The Morgan fingerprint density at radius 2 is 1.89 bits per heavy atom. The maximum absolute atomic E-state index is 12.3. The lowest BCUT2D eigenvalue weighted by molar-refractivity contribution is 0.103. The van der Waals surface area contributed by atoms with Crippen LogP contribution in [-0.2, 0) is 10.8 Å². The first kappa shape index (κ1) is 12.3. The Hall–Kier alpha value is -1.78. The number of hydrogen-bond acceptors (Lipinski definition) is 3. The predicted octanol–water partition coefficient (Wildman–Crippen LogP) is 3.35. The molecule has 94 valence electrons. The summed E-state index contributed by atoms with van der Waals surface area (Å²) < 4.78 is 11.7. The monoisotopic (exact) mass is 289 g/mol. The zero-order chi connectivity index (χ0) is 13.4.